The summed E-state index contributed by atoms with van der Waals surface area (Å²) in [6.45, 7) is 5.64. The van der Waals surface area contributed by atoms with Crippen molar-refractivity contribution in [2.24, 2.45) is 5.92 Å². The number of nitrogens with zero attached hydrogens (tertiary/aromatic N) is 1. The summed E-state index contributed by atoms with van der Waals surface area (Å²) in [5, 5.41) is 16.9. The molecule has 1 heterocycles. The second-order valence-electron chi connectivity index (χ2n) is 4.35. The number of carbonyl (C=O) groups is 2. The van der Waals surface area contributed by atoms with Crippen LogP contribution < -0.4 is 10.6 Å². The Kier molecular flexibility index (Phi) is 5.75. The van der Waals surface area contributed by atoms with Crippen LogP contribution in [0.1, 0.15) is 37.0 Å². The SMILES string of the molecule is CCC(CNC(=O)NC(C)c1nc(C)cs1)C(=O)O. The van der Waals surface area contributed by atoms with Gasteiger partial charge in [0.25, 0.3) is 0 Å². The molecule has 19 heavy (non-hydrogen) atoms. The molecule has 0 saturated heterocycles. The smallest absolute Gasteiger partial charge is 0.315 e. The molecule has 1 aromatic rings. The number of urea groups is 1. The minimum Gasteiger partial charge on any atom is -0.481 e. The molecule has 0 saturated carbocycles. The highest BCUT2D eigenvalue weighted by molar-refractivity contribution is 7.09. The quantitative estimate of drug-likeness (QED) is 0.744. The zero-order valence-corrected chi connectivity index (χ0v) is 12.1. The Labute approximate surface area is 116 Å². The van der Waals surface area contributed by atoms with Crippen LogP contribution in [0.3, 0.4) is 0 Å². The number of rotatable bonds is 6. The molecule has 3 N–H and O–H groups in total. The van der Waals surface area contributed by atoms with Crippen molar-refractivity contribution in [3.8, 4) is 0 Å². The lowest BCUT2D eigenvalue weighted by atomic mass is 10.1. The fraction of sp³-hybridized carbons (Fsp3) is 0.583. The molecule has 7 heteroatoms. The number of nitrogens with one attached hydrogen (secondary N) is 2. The fourth-order valence-electron chi connectivity index (χ4n) is 1.50. The van der Waals surface area contributed by atoms with Gasteiger partial charge in [-0.15, -0.1) is 11.3 Å². The summed E-state index contributed by atoms with van der Waals surface area (Å²) in [6.07, 6.45) is 0.483. The summed E-state index contributed by atoms with van der Waals surface area (Å²) in [4.78, 5) is 26.7. The van der Waals surface area contributed by atoms with E-state index in [1.165, 1.54) is 11.3 Å². The number of carboxylic acids is 1. The van der Waals surface area contributed by atoms with E-state index in [2.05, 4.69) is 15.6 Å². The van der Waals surface area contributed by atoms with Gasteiger partial charge in [0.15, 0.2) is 0 Å². The first kappa shape index (κ1) is 15.4. The van der Waals surface area contributed by atoms with Gasteiger partial charge in [0, 0.05) is 17.6 Å². The lowest BCUT2D eigenvalue weighted by Gasteiger charge is -2.14. The number of aryl methyl sites for hydroxylation is 1. The Hall–Kier alpha value is -1.63. The van der Waals surface area contributed by atoms with Gasteiger partial charge in [0.05, 0.1) is 12.0 Å². The molecule has 2 amide bonds. The van der Waals surface area contributed by atoms with Crippen LogP contribution >= 0.6 is 11.3 Å². The van der Waals surface area contributed by atoms with Crippen molar-refractivity contribution in [1.82, 2.24) is 15.6 Å². The molecular weight excluding hydrogens is 266 g/mol. The van der Waals surface area contributed by atoms with E-state index in [0.717, 1.165) is 10.7 Å². The average Bonchev–Trinajstić information content (AvgIpc) is 2.76. The number of carbonyl (C=O) groups excluding carboxylic acids is 1. The van der Waals surface area contributed by atoms with Crippen molar-refractivity contribution < 1.29 is 14.7 Å². The van der Waals surface area contributed by atoms with Crippen LogP contribution in [0.5, 0.6) is 0 Å². The molecule has 106 valence electrons. The summed E-state index contributed by atoms with van der Waals surface area (Å²) in [5.74, 6) is -1.45. The summed E-state index contributed by atoms with van der Waals surface area (Å²) in [7, 11) is 0. The summed E-state index contributed by atoms with van der Waals surface area (Å²) < 4.78 is 0. The van der Waals surface area contributed by atoms with Crippen molar-refractivity contribution in [3.63, 3.8) is 0 Å². The van der Waals surface area contributed by atoms with Gasteiger partial charge in [-0.25, -0.2) is 9.78 Å². The van der Waals surface area contributed by atoms with Crippen LogP contribution in [-0.2, 0) is 4.79 Å². The number of hydrogen-bond donors (Lipinski definition) is 3. The molecule has 0 aliphatic heterocycles. The van der Waals surface area contributed by atoms with Crippen molar-refractivity contribution in [1.29, 1.82) is 0 Å². The molecule has 1 aromatic heterocycles. The second-order valence-corrected chi connectivity index (χ2v) is 5.24. The number of amides is 2. The van der Waals surface area contributed by atoms with E-state index in [4.69, 9.17) is 5.11 Å². The zero-order valence-electron chi connectivity index (χ0n) is 11.3. The molecule has 0 radical (unpaired) electrons. The fourth-order valence-corrected chi connectivity index (χ4v) is 2.31. The third kappa shape index (κ3) is 4.86. The third-order valence-corrected chi connectivity index (χ3v) is 3.85. The molecule has 2 unspecified atom stereocenters. The van der Waals surface area contributed by atoms with E-state index >= 15 is 0 Å². The van der Waals surface area contributed by atoms with E-state index in [0.29, 0.717) is 6.42 Å². The Morgan fingerprint density at radius 3 is 2.68 bits per heavy atom. The number of aromatic nitrogens is 1. The molecular formula is C12H19N3O3S. The van der Waals surface area contributed by atoms with Gasteiger partial charge < -0.3 is 15.7 Å². The minimum atomic E-state index is -0.897. The lowest BCUT2D eigenvalue weighted by molar-refractivity contribution is -0.141. The maximum atomic E-state index is 11.6. The van der Waals surface area contributed by atoms with Crippen LogP contribution in [0.25, 0.3) is 0 Å². The highest BCUT2D eigenvalue weighted by atomic mass is 32.1. The van der Waals surface area contributed by atoms with Gasteiger partial charge in [0.2, 0.25) is 0 Å². The minimum absolute atomic E-state index is 0.126. The molecule has 1 rings (SSSR count). The number of thiazole rings is 1. The third-order valence-electron chi connectivity index (χ3n) is 2.71. The average molecular weight is 285 g/mol. The second kappa shape index (κ2) is 7.08. The Bertz CT molecular complexity index is 447. The van der Waals surface area contributed by atoms with Crippen LogP contribution in [0.2, 0.25) is 0 Å². The van der Waals surface area contributed by atoms with Crippen LogP contribution in [0.15, 0.2) is 5.38 Å². The number of carboxylic acid groups (broad SMARTS) is 1. The first-order valence-corrected chi connectivity index (χ1v) is 7.01. The Balaban J connectivity index is 2.41. The predicted molar refractivity (Wildman–Crippen MR) is 73.2 cm³/mol. The molecule has 6 nitrogen and oxygen atoms in total. The molecule has 0 aliphatic rings. The standard InChI is InChI=1S/C12H19N3O3S/c1-4-9(11(16)17)5-13-12(18)15-8(3)10-14-7(2)6-19-10/h6,8-9H,4-5H2,1-3H3,(H,16,17)(H2,13,15,18). The highest BCUT2D eigenvalue weighted by Gasteiger charge is 2.17. The molecule has 0 fully saturated rings. The molecule has 0 aromatic carbocycles. The predicted octanol–water partition coefficient (Wildman–Crippen LogP) is 1.92. The van der Waals surface area contributed by atoms with Crippen molar-refractivity contribution in [2.45, 2.75) is 33.2 Å². The first-order valence-electron chi connectivity index (χ1n) is 6.13. The Morgan fingerprint density at radius 1 is 1.53 bits per heavy atom. The van der Waals surface area contributed by atoms with Gasteiger partial charge in [-0.05, 0) is 20.3 Å². The van der Waals surface area contributed by atoms with E-state index < -0.39 is 11.9 Å². The van der Waals surface area contributed by atoms with E-state index in [9.17, 15) is 9.59 Å². The topological polar surface area (TPSA) is 91.3 Å². The van der Waals surface area contributed by atoms with E-state index in [1.54, 1.807) is 6.92 Å². The first-order chi connectivity index (χ1) is 8.93. The van der Waals surface area contributed by atoms with Crippen LogP contribution in [0.4, 0.5) is 4.79 Å². The van der Waals surface area contributed by atoms with Gasteiger partial charge in [-0.2, -0.15) is 0 Å². The van der Waals surface area contributed by atoms with Crippen LogP contribution in [0, 0.1) is 12.8 Å². The monoisotopic (exact) mass is 285 g/mol. The molecule has 0 aliphatic carbocycles. The van der Waals surface area contributed by atoms with E-state index in [1.807, 2.05) is 19.2 Å². The Morgan fingerprint density at radius 2 is 2.21 bits per heavy atom. The summed E-state index contributed by atoms with van der Waals surface area (Å²) in [5.41, 5.74) is 0.922. The van der Waals surface area contributed by atoms with E-state index in [-0.39, 0.29) is 18.6 Å². The zero-order chi connectivity index (χ0) is 14.4. The normalized spacial score (nSPS) is 13.6. The van der Waals surface area contributed by atoms with Crippen molar-refractivity contribution in [3.05, 3.63) is 16.1 Å². The largest absolute Gasteiger partial charge is 0.481 e. The lowest BCUT2D eigenvalue weighted by Crippen LogP contribution is -2.40. The summed E-state index contributed by atoms with van der Waals surface area (Å²) >= 11 is 1.49. The highest BCUT2D eigenvalue weighted by Crippen LogP contribution is 2.17. The van der Waals surface area contributed by atoms with Gasteiger partial charge >= 0.3 is 12.0 Å². The number of aliphatic carboxylic acids is 1. The van der Waals surface area contributed by atoms with Gasteiger partial charge in [0.1, 0.15) is 5.01 Å². The summed E-state index contributed by atoms with van der Waals surface area (Å²) in [6, 6.07) is -0.566. The van der Waals surface area contributed by atoms with Gasteiger partial charge in [-0.3, -0.25) is 4.79 Å². The maximum absolute atomic E-state index is 11.6. The number of hydrogen-bond acceptors (Lipinski definition) is 4. The van der Waals surface area contributed by atoms with Gasteiger partial charge in [-0.1, -0.05) is 6.92 Å². The molecule has 0 spiro atoms. The van der Waals surface area contributed by atoms with Crippen LogP contribution in [-0.4, -0.2) is 28.6 Å². The molecule has 2 atom stereocenters. The van der Waals surface area contributed by atoms with Crippen molar-refractivity contribution >= 4 is 23.3 Å². The molecule has 0 bridgehead atoms. The maximum Gasteiger partial charge on any atom is 0.315 e. The van der Waals surface area contributed by atoms with Crippen molar-refractivity contribution in [2.75, 3.05) is 6.54 Å².